The molecule has 1 aliphatic carbocycles. The van der Waals surface area contributed by atoms with Crippen molar-refractivity contribution < 1.29 is 4.74 Å². The molecule has 3 heteroatoms. The van der Waals surface area contributed by atoms with Crippen molar-refractivity contribution in [2.75, 3.05) is 13.2 Å². The van der Waals surface area contributed by atoms with E-state index in [-0.39, 0.29) is 12.4 Å². The number of hydrogen-bond donors (Lipinski definition) is 1. The standard InChI is InChI=1S/C9H17NO.ClH/c10-9-2-1-8-6-11-4-3-7(8)5-9;/h7-9H,1-6,10H2;1H. The van der Waals surface area contributed by atoms with E-state index in [0.29, 0.717) is 6.04 Å². The molecule has 1 heterocycles. The largest absolute Gasteiger partial charge is 0.381 e. The first-order chi connectivity index (χ1) is 5.36. The van der Waals surface area contributed by atoms with E-state index < -0.39 is 0 Å². The zero-order valence-corrected chi connectivity index (χ0v) is 8.19. The van der Waals surface area contributed by atoms with Gasteiger partial charge in [0.15, 0.2) is 0 Å². The Morgan fingerprint density at radius 1 is 1.08 bits per heavy atom. The second kappa shape index (κ2) is 4.45. The molecule has 2 fully saturated rings. The molecular formula is C9H18ClNO. The van der Waals surface area contributed by atoms with Crippen LogP contribution in [0.2, 0.25) is 0 Å². The van der Waals surface area contributed by atoms with Crippen LogP contribution in [0.1, 0.15) is 25.7 Å². The molecule has 12 heavy (non-hydrogen) atoms. The third-order valence-corrected chi connectivity index (χ3v) is 3.15. The summed E-state index contributed by atoms with van der Waals surface area (Å²) in [7, 11) is 0. The van der Waals surface area contributed by atoms with Crippen LogP contribution in [-0.4, -0.2) is 19.3 Å². The van der Waals surface area contributed by atoms with Crippen LogP contribution in [0.25, 0.3) is 0 Å². The van der Waals surface area contributed by atoms with Gasteiger partial charge in [0.1, 0.15) is 0 Å². The molecular weight excluding hydrogens is 174 g/mol. The lowest BCUT2D eigenvalue weighted by molar-refractivity contribution is -0.00499. The fourth-order valence-electron chi connectivity index (χ4n) is 2.41. The number of fused-ring (bicyclic) bond motifs is 1. The molecule has 0 radical (unpaired) electrons. The van der Waals surface area contributed by atoms with E-state index in [9.17, 15) is 0 Å². The zero-order chi connectivity index (χ0) is 7.68. The summed E-state index contributed by atoms with van der Waals surface area (Å²) >= 11 is 0. The summed E-state index contributed by atoms with van der Waals surface area (Å²) in [4.78, 5) is 0. The molecule has 3 unspecified atom stereocenters. The van der Waals surface area contributed by atoms with Gasteiger partial charge in [-0.2, -0.15) is 0 Å². The maximum Gasteiger partial charge on any atom is 0.0496 e. The first-order valence-electron chi connectivity index (χ1n) is 4.69. The van der Waals surface area contributed by atoms with Crippen LogP contribution in [0.3, 0.4) is 0 Å². The highest BCUT2D eigenvalue weighted by Gasteiger charge is 2.30. The Balaban J connectivity index is 0.000000720. The van der Waals surface area contributed by atoms with E-state index in [2.05, 4.69) is 0 Å². The fourth-order valence-corrected chi connectivity index (χ4v) is 2.41. The third kappa shape index (κ3) is 2.12. The Morgan fingerprint density at radius 3 is 2.75 bits per heavy atom. The molecule has 0 aromatic rings. The minimum Gasteiger partial charge on any atom is -0.381 e. The highest BCUT2D eigenvalue weighted by molar-refractivity contribution is 5.85. The van der Waals surface area contributed by atoms with E-state index in [4.69, 9.17) is 10.5 Å². The van der Waals surface area contributed by atoms with E-state index in [1.807, 2.05) is 0 Å². The Morgan fingerprint density at radius 2 is 1.92 bits per heavy atom. The highest BCUT2D eigenvalue weighted by Crippen LogP contribution is 2.34. The molecule has 1 saturated carbocycles. The second-order valence-corrected chi connectivity index (χ2v) is 3.96. The second-order valence-electron chi connectivity index (χ2n) is 3.96. The molecule has 2 N–H and O–H groups in total. The van der Waals surface area contributed by atoms with E-state index in [1.165, 1.54) is 25.7 Å². The number of nitrogens with two attached hydrogens (primary N) is 1. The minimum atomic E-state index is 0. The monoisotopic (exact) mass is 191 g/mol. The van der Waals surface area contributed by atoms with Crippen molar-refractivity contribution >= 4 is 12.4 Å². The Hall–Kier alpha value is 0.210. The molecule has 2 aliphatic rings. The number of halogens is 1. The highest BCUT2D eigenvalue weighted by atomic mass is 35.5. The summed E-state index contributed by atoms with van der Waals surface area (Å²) in [5.41, 5.74) is 5.90. The van der Waals surface area contributed by atoms with Crippen molar-refractivity contribution in [2.24, 2.45) is 17.6 Å². The number of rotatable bonds is 0. The average Bonchev–Trinajstić information content (AvgIpc) is 2.04. The molecule has 0 aromatic carbocycles. The lowest BCUT2D eigenvalue weighted by Crippen LogP contribution is -2.38. The van der Waals surface area contributed by atoms with Crippen molar-refractivity contribution in [3.63, 3.8) is 0 Å². The molecule has 2 nitrogen and oxygen atoms in total. The van der Waals surface area contributed by atoms with Gasteiger partial charge in [-0.05, 0) is 37.5 Å². The summed E-state index contributed by atoms with van der Waals surface area (Å²) in [6.45, 7) is 1.96. The van der Waals surface area contributed by atoms with Gasteiger partial charge in [-0.1, -0.05) is 0 Å². The van der Waals surface area contributed by atoms with Gasteiger partial charge in [-0.25, -0.2) is 0 Å². The van der Waals surface area contributed by atoms with E-state index in [0.717, 1.165) is 25.0 Å². The molecule has 1 saturated heterocycles. The van der Waals surface area contributed by atoms with E-state index in [1.54, 1.807) is 0 Å². The first kappa shape index (κ1) is 10.3. The van der Waals surface area contributed by atoms with Crippen LogP contribution in [0, 0.1) is 11.8 Å². The molecule has 0 spiro atoms. The average molecular weight is 192 g/mol. The van der Waals surface area contributed by atoms with Gasteiger partial charge in [-0.15, -0.1) is 12.4 Å². The van der Waals surface area contributed by atoms with Crippen molar-refractivity contribution in [3.8, 4) is 0 Å². The van der Waals surface area contributed by atoms with Gasteiger partial charge < -0.3 is 10.5 Å². The first-order valence-corrected chi connectivity index (χ1v) is 4.69. The van der Waals surface area contributed by atoms with Crippen LogP contribution in [-0.2, 0) is 4.74 Å². The van der Waals surface area contributed by atoms with Crippen molar-refractivity contribution in [3.05, 3.63) is 0 Å². The van der Waals surface area contributed by atoms with Crippen LogP contribution >= 0.6 is 12.4 Å². The molecule has 1 aliphatic heterocycles. The fraction of sp³-hybridized carbons (Fsp3) is 1.00. The zero-order valence-electron chi connectivity index (χ0n) is 7.37. The lowest BCUT2D eigenvalue weighted by atomic mass is 9.75. The Bertz CT molecular complexity index is 142. The van der Waals surface area contributed by atoms with Crippen LogP contribution in [0.15, 0.2) is 0 Å². The van der Waals surface area contributed by atoms with Crippen LogP contribution in [0.4, 0.5) is 0 Å². The number of hydrogen-bond acceptors (Lipinski definition) is 2. The smallest absolute Gasteiger partial charge is 0.0496 e. The Labute approximate surface area is 80.3 Å². The molecule has 0 bridgehead atoms. The minimum absolute atomic E-state index is 0. The van der Waals surface area contributed by atoms with Gasteiger partial charge in [0.2, 0.25) is 0 Å². The maximum absolute atomic E-state index is 5.90. The summed E-state index contributed by atoms with van der Waals surface area (Å²) < 4.78 is 5.43. The molecule has 3 atom stereocenters. The van der Waals surface area contributed by atoms with Gasteiger partial charge in [0.25, 0.3) is 0 Å². The van der Waals surface area contributed by atoms with Crippen molar-refractivity contribution in [1.29, 1.82) is 0 Å². The van der Waals surface area contributed by atoms with Gasteiger partial charge in [-0.3, -0.25) is 0 Å². The van der Waals surface area contributed by atoms with Gasteiger partial charge in [0, 0.05) is 19.3 Å². The Kier molecular flexibility index (Phi) is 3.81. The normalized spacial score (nSPS) is 41.2. The van der Waals surface area contributed by atoms with Crippen LogP contribution in [0.5, 0.6) is 0 Å². The van der Waals surface area contributed by atoms with E-state index >= 15 is 0 Å². The predicted molar refractivity (Wildman–Crippen MR) is 51.5 cm³/mol. The quantitative estimate of drug-likeness (QED) is 0.631. The molecule has 0 amide bonds. The van der Waals surface area contributed by atoms with Crippen molar-refractivity contribution in [1.82, 2.24) is 0 Å². The van der Waals surface area contributed by atoms with Gasteiger partial charge in [0.05, 0.1) is 0 Å². The van der Waals surface area contributed by atoms with Gasteiger partial charge >= 0.3 is 0 Å². The molecule has 0 aromatic heterocycles. The maximum atomic E-state index is 5.90. The third-order valence-electron chi connectivity index (χ3n) is 3.15. The van der Waals surface area contributed by atoms with Crippen molar-refractivity contribution in [2.45, 2.75) is 31.7 Å². The molecule has 72 valence electrons. The summed E-state index contributed by atoms with van der Waals surface area (Å²) in [5.74, 6) is 1.72. The lowest BCUT2D eigenvalue weighted by Gasteiger charge is -2.37. The molecule has 2 rings (SSSR count). The SMILES string of the molecule is Cl.NC1CCC2COCCC2C1. The summed E-state index contributed by atoms with van der Waals surface area (Å²) in [5, 5.41) is 0. The summed E-state index contributed by atoms with van der Waals surface area (Å²) in [6.07, 6.45) is 5.00. The van der Waals surface area contributed by atoms with Crippen LogP contribution < -0.4 is 5.73 Å². The number of ether oxygens (including phenoxy) is 1. The summed E-state index contributed by atoms with van der Waals surface area (Å²) in [6, 6.07) is 0.481. The topological polar surface area (TPSA) is 35.2 Å². The predicted octanol–water partition coefficient (Wildman–Crippen LogP) is 1.57.